The zero-order valence-electron chi connectivity index (χ0n) is 13.9. The molecule has 0 amide bonds. The van der Waals surface area contributed by atoms with Crippen LogP contribution in [0.4, 0.5) is 0 Å². The number of fused-ring (bicyclic) bond motifs is 1. The molecule has 0 spiro atoms. The molecule has 0 saturated carbocycles. The third-order valence-electron chi connectivity index (χ3n) is 4.41. The zero-order chi connectivity index (χ0) is 16.8. The molecule has 2 N–H and O–H groups in total. The van der Waals surface area contributed by atoms with Gasteiger partial charge in [-0.3, -0.25) is 4.79 Å². The van der Waals surface area contributed by atoms with E-state index in [1.54, 1.807) is 13.8 Å². The number of H-pyrrole nitrogens is 1. The van der Waals surface area contributed by atoms with Gasteiger partial charge in [0.15, 0.2) is 0 Å². The fourth-order valence-electron chi connectivity index (χ4n) is 2.93. The summed E-state index contributed by atoms with van der Waals surface area (Å²) in [6.07, 6.45) is 0. The molecule has 3 heteroatoms. The maximum Gasteiger partial charge on any atom is 0.313 e. The minimum absolute atomic E-state index is 0.809. The average Bonchev–Trinajstić information content (AvgIpc) is 2.89. The molecule has 1 heterocycles. The molecule has 3 aromatic rings. The van der Waals surface area contributed by atoms with E-state index in [0.717, 1.165) is 27.7 Å². The summed E-state index contributed by atoms with van der Waals surface area (Å²) in [7, 11) is 0. The number of carboxylic acids is 1. The first kappa shape index (κ1) is 15.3. The van der Waals surface area contributed by atoms with Crippen molar-refractivity contribution < 1.29 is 9.90 Å². The molecule has 3 rings (SSSR count). The maximum absolute atomic E-state index is 11.5. The molecule has 0 aliphatic carbocycles. The Balaban J connectivity index is 2.11. The maximum atomic E-state index is 11.5. The van der Waals surface area contributed by atoms with Gasteiger partial charge in [-0.05, 0) is 69.2 Å². The summed E-state index contributed by atoms with van der Waals surface area (Å²) in [6.45, 7) is 7.64. The molecule has 118 valence electrons. The molecular weight excluding hydrogens is 286 g/mol. The number of carboxylic acid groups (broad SMARTS) is 1. The van der Waals surface area contributed by atoms with Gasteiger partial charge in [-0.2, -0.15) is 0 Å². The zero-order valence-corrected chi connectivity index (χ0v) is 13.9. The van der Waals surface area contributed by atoms with E-state index in [0.29, 0.717) is 0 Å². The predicted molar refractivity (Wildman–Crippen MR) is 93.9 cm³/mol. The second kappa shape index (κ2) is 5.27. The normalized spacial score (nSPS) is 11.8. The SMILES string of the molecule is Cc1cc(C)cc(-c2cc3cc(C(C)(C)C(=O)O)ccc3[nH]2)c1. The highest BCUT2D eigenvalue weighted by molar-refractivity contribution is 5.89. The third kappa shape index (κ3) is 2.74. The number of aromatic nitrogens is 1. The van der Waals surface area contributed by atoms with Crippen LogP contribution in [0.25, 0.3) is 22.2 Å². The van der Waals surface area contributed by atoms with Crippen LogP contribution in [0.1, 0.15) is 30.5 Å². The Kier molecular flexibility index (Phi) is 3.52. The summed E-state index contributed by atoms with van der Waals surface area (Å²) in [5.74, 6) is -0.818. The summed E-state index contributed by atoms with van der Waals surface area (Å²) < 4.78 is 0. The van der Waals surface area contributed by atoms with Gasteiger partial charge in [-0.1, -0.05) is 23.3 Å². The Bertz CT molecular complexity index is 883. The molecule has 0 aliphatic heterocycles. The Morgan fingerprint density at radius 2 is 1.65 bits per heavy atom. The first-order chi connectivity index (χ1) is 10.8. The van der Waals surface area contributed by atoms with Crippen molar-refractivity contribution in [3.8, 4) is 11.3 Å². The minimum Gasteiger partial charge on any atom is -0.481 e. The molecule has 23 heavy (non-hydrogen) atoms. The van der Waals surface area contributed by atoms with Crippen molar-refractivity contribution in [1.29, 1.82) is 0 Å². The molecule has 0 saturated heterocycles. The molecular formula is C20H21NO2. The van der Waals surface area contributed by atoms with Gasteiger partial charge in [0, 0.05) is 16.6 Å². The van der Waals surface area contributed by atoms with E-state index < -0.39 is 11.4 Å². The average molecular weight is 307 g/mol. The van der Waals surface area contributed by atoms with Crippen LogP contribution in [0.5, 0.6) is 0 Å². The molecule has 0 aliphatic rings. The Morgan fingerprint density at radius 3 is 2.26 bits per heavy atom. The van der Waals surface area contributed by atoms with Crippen molar-refractivity contribution in [2.24, 2.45) is 0 Å². The van der Waals surface area contributed by atoms with Crippen LogP contribution in [-0.4, -0.2) is 16.1 Å². The molecule has 0 unspecified atom stereocenters. The van der Waals surface area contributed by atoms with Crippen LogP contribution in [-0.2, 0) is 10.2 Å². The number of rotatable bonds is 3. The highest BCUT2D eigenvalue weighted by Gasteiger charge is 2.29. The fraction of sp³-hybridized carbons (Fsp3) is 0.250. The van der Waals surface area contributed by atoms with Crippen LogP contribution >= 0.6 is 0 Å². The third-order valence-corrected chi connectivity index (χ3v) is 4.41. The Labute approximate surface area is 136 Å². The molecule has 0 bridgehead atoms. The van der Waals surface area contributed by atoms with Crippen LogP contribution < -0.4 is 0 Å². The largest absolute Gasteiger partial charge is 0.481 e. The molecule has 2 aromatic carbocycles. The molecule has 3 nitrogen and oxygen atoms in total. The smallest absolute Gasteiger partial charge is 0.313 e. The molecule has 0 radical (unpaired) electrons. The van der Waals surface area contributed by atoms with Gasteiger partial charge in [0.1, 0.15) is 0 Å². The lowest BCUT2D eigenvalue weighted by molar-refractivity contribution is -0.142. The van der Waals surface area contributed by atoms with Crippen molar-refractivity contribution in [1.82, 2.24) is 4.98 Å². The van der Waals surface area contributed by atoms with Crippen LogP contribution in [0.3, 0.4) is 0 Å². The number of aromatic amines is 1. The molecule has 1 aromatic heterocycles. The van der Waals surface area contributed by atoms with E-state index in [4.69, 9.17) is 0 Å². The Hall–Kier alpha value is -2.55. The van der Waals surface area contributed by atoms with Gasteiger partial charge in [0.2, 0.25) is 0 Å². The highest BCUT2D eigenvalue weighted by atomic mass is 16.4. The number of benzene rings is 2. The minimum atomic E-state index is -0.897. The number of nitrogens with one attached hydrogen (secondary N) is 1. The van der Waals surface area contributed by atoms with Crippen molar-refractivity contribution >= 4 is 16.9 Å². The van der Waals surface area contributed by atoms with E-state index in [2.05, 4.69) is 43.1 Å². The van der Waals surface area contributed by atoms with Crippen LogP contribution in [0.2, 0.25) is 0 Å². The first-order valence-electron chi connectivity index (χ1n) is 7.73. The monoisotopic (exact) mass is 307 g/mol. The lowest BCUT2D eigenvalue weighted by atomic mass is 9.84. The van der Waals surface area contributed by atoms with E-state index in [1.165, 1.54) is 11.1 Å². The number of aryl methyl sites for hydroxylation is 2. The van der Waals surface area contributed by atoms with Gasteiger partial charge in [-0.25, -0.2) is 0 Å². The fourth-order valence-corrected chi connectivity index (χ4v) is 2.93. The standard InChI is InChI=1S/C20H21NO2/c1-12-7-13(2)9-14(8-12)18-11-15-10-16(5-6-17(15)21-18)20(3,4)19(22)23/h5-11,21H,1-4H3,(H,22,23). The molecule has 0 fully saturated rings. The number of aliphatic carboxylic acids is 1. The van der Waals surface area contributed by atoms with Gasteiger partial charge < -0.3 is 10.1 Å². The lowest BCUT2D eigenvalue weighted by Gasteiger charge is -2.19. The van der Waals surface area contributed by atoms with Crippen molar-refractivity contribution in [2.75, 3.05) is 0 Å². The van der Waals surface area contributed by atoms with Gasteiger partial charge in [0.25, 0.3) is 0 Å². The van der Waals surface area contributed by atoms with Gasteiger partial charge in [-0.15, -0.1) is 0 Å². The summed E-state index contributed by atoms with van der Waals surface area (Å²) in [5, 5.41) is 10.4. The lowest BCUT2D eigenvalue weighted by Crippen LogP contribution is -2.28. The van der Waals surface area contributed by atoms with E-state index in [9.17, 15) is 9.90 Å². The number of hydrogen-bond donors (Lipinski definition) is 2. The topological polar surface area (TPSA) is 53.1 Å². The highest BCUT2D eigenvalue weighted by Crippen LogP contribution is 2.30. The van der Waals surface area contributed by atoms with Gasteiger partial charge in [0.05, 0.1) is 5.41 Å². The van der Waals surface area contributed by atoms with E-state index in [-0.39, 0.29) is 0 Å². The summed E-state index contributed by atoms with van der Waals surface area (Å²) in [4.78, 5) is 14.9. The van der Waals surface area contributed by atoms with Crippen LogP contribution in [0.15, 0.2) is 42.5 Å². The first-order valence-corrected chi connectivity index (χ1v) is 7.73. The molecule has 0 atom stereocenters. The summed E-state index contributed by atoms with van der Waals surface area (Å²) >= 11 is 0. The van der Waals surface area contributed by atoms with Crippen molar-refractivity contribution in [3.05, 3.63) is 59.2 Å². The summed E-state index contributed by atoms with van der Waals surface area (Å²) in [5.41, 5.74) is 5.59. The quantitative estimate of drug-likeness (QED) is 0.729. The number of carbonyl (C=O) groups is 1. The summed E-state index contributed by atoms with van der Waals surface area (Å²) in [6, 6.07) is 14.4. The van der Waals surface area contributed by atoms with Gasteiger partial charge >= 0.3 is 5.97 Å². The van der Waals surface area contributed by atoms with Crippen molar-refractivity contribution in [2.45, 2.75) is 33.1 Å². The van der Waals surface area contributed by atoms with E-state index in [1.807, 2.05) is 18.2 Å². The Morgan fingerprint density at radius 1 is 1.00 bits per heavy atom. The predicted octanol–water partition coefficient (Wildman–Crippen LogP) is 4.81. The number of hydrogen-bond acceptors (Lipinski definition) is 1. The van der Waals surface area contributed by atoms with Crippen LogP contribution in [0, 0.1) is 13.8 Å². The second-order valence-corrected chi connectivity index (χ2v) is 6.79. The van der Waals surface area contributed by atoms with E-state index >= 15 is 0 Å². The second-order valence-electron chi connectivity index (χ2n) is 6.79. The van der Waals surface area contributed by atoms with Crippen molar-refractivity contribution in [3.63, 3.8) is 0 Å².